The van der Waals surface area contributed by atoms with Gasteiger partial charge in [0.25, 0.3) is 5.91 Å². The second kappa shape index (κ2) is 6.95. The number of likely N-dealkylation sites (tertiary alicyclic amines) is 1. The molecular formula is C23H27N3O3. The molecule has 1 saturated heterocycles. The van der Waals surface area contributed by atoms with Crippen molar-refractivity contribution in [2.45, 2.75) is 51.2 Å². The molecule has 1 fully saturated rings. The van der Waals surface area contributed by atoms with E-state index in [-0.39, 0.29) is 18.2 Å². The molecule has 1 N–H and O–H groups in total. The zero-order valence-electron chi connectivity index (χ0n) is 17.2. The Hall–Kier alpha value is -2.73. The maximum absolute atomic E-state index is 13.5. The number of hydrogen-bond donors (Lipinski definition) is 1. The van der Waals surface area contributed by atoms with Gasteiger partial charge in [-0.05, 0) is 56.9 Å². The Balaban J connectivity index is 1.53. The second-order valence-corrected chi connectivity index (χ2v) is 8.58. The van der Waals surface area contributed by atoms with Gasteiger partial charge in [-0.15, -0.1) is 0 Å². The van der Waals surface area contributed by atoms with Crippen molar-refractivity contribution < 1.29 is 14.7 Å². The summed E-state index contributed by atoms with van der Waals surface area (Å²) < 4.78 is 0. The van der Waals surface area contributed by atoms with Crippen LogP contribution in [0, 0.1) is 6.92 Å². The minimum absolute atomic E-state index is 0.0468. The van der Waals surface area contributed by atoms with E-state index in [1.807, 2.05) is 68.3 Å². The van der Waals surface area contributed by atoms with E-state index in [2.05, 4.69) is 4.99 Å². The maximum atomic E-state index is 13.5. The molecule has 3 aliphatic heterocycles. The van der Waals surface area contributed by atoms with Gasteiger partial charge >= 0.3 is 0 Å². The molecule has 3 aliphatic rings. The Kier molecular flexibility index (Phi) is 4.69. The fourth-order valence-electron chi connectivity index (χ4n) is 4.46. The molecule has 0 bridgehead atoms. The number of aliphatic imine (C=N–C) groups is 1. The summed E-state index contributed by atoms with van der Waals surface area (Å²) in [6.07, 6.45) is 6.59. The first-order valence-corrected chi connectivity index (χ1v) is 10.1. The molecular weight excluding hydrogens is 366 g/mol. The van der Waals surface area contributed by atoms with E-state index in [9.17, 15) is 14.7 Å². The highest BCUT2D eigenvalue weighted by atomic mass is 16.3. The van der Waals surface area contributed by atoms with Crippen molar-refractivity contribution in [1.82, 2.24) is 9.80 Å². The summed E-state index contributed by atoms with van der Waals surface area (Å²) in [4.78, 5) is 33.5. The van der Waals surface area contributed by atoms with Gasteiger partial charge in [-0.3, -0.25) is 9.59 Å². The summed E-state index contributed by atoms with van der Waals surface area (Å²) in [5.41, 5.74) is 1.07. The molecule has 6 nitrogen and oxygen atoms in total. The topological polar surface area (TPSA) is 73.2 Å². The number of carbonyl (C=O) groups excluding carboxylic acids is 2. The molecule has 29 heavy (non-hydrogen) atoms. The Morgan fingerprint density at radius 3 is 2.62 bits per heavy atom. The average molecular weight is 393 g/mol. The Morgan fingerprint density at radius 2 is 1.93 bits per heavy atom. The summed E-state index contributed by atoms with van der Waals surface area (Å²) >= 11 is 0. The summed E-state index contributed by atoms with van der Waals surface area (Å²) in [6, 6.07) is 7.91. The van der Waals surface area contributed by atoms with Crippen LogP contribution in [-0.2, 0) is 15.2 Å². The first kappa shape index (κ1) is 19.6. The smallest absolute Gasteiger partial charge is 0.250 e. The van der Waals surface area contributed by atoms with Gasteiger partial charge < -0.3 is 14.9 Å². The minimum Gasteiger partial charge on any atom is -0.385 e. The highest BCUT2D eigenvalue weighted by molar-refractivity contribution is 6.09. The molecule has 0 aromatic heterocycles. The van der Waals surface area contributed by atoms with Gasteiger partial charge in [0.05, 0.1) is 12.0 Å². The molecule has 152 valence electrons. The largest absolute Gasteiger partial charge is 0.385 e. The second-order valence-electron chi connectivity index (χ2n) is 8.58. The molecule has 0 radical (unpaired) electrons. The number of aliphatic hydroxyl groups is 1. The van der Waals surface area contributed by atoms with E-state index in [1.165, 1.54) is 0 Å². The fourth-order valence-corrected chi connectivity index (χ4v) is 4.46. The quantitative estimate of drug-likeness (QED) is 0.838. The van der Waals surface area contributed by atoms with Crippen LogP contribution in [0.15, 0.2) is 53.2 Å². The van der Waals surface area contributed by atoms with Crippen LogP contribution in [0.3, 0.4) is 0 Å². The monoisotopic (exact) mass is 393 g/mol. The van der Waals surface area contributed by atoms with Crippen LogP contribution in [0.5, 0.6) is 0 Å². The number of fused-ring (bicyclic) bond motifs is 1. The number of carbonyl (C=O) groups is 2. The van der Waals surface area contributed by atoms with E-state index >= 15 is 0 Å². The average Bonchev–Trinajstić information content (AvgIpc) is 2.67. The lowest BCUT2D eigenvalue weighted by Crippen LogP contribution is -2.62. The third-order valence-corrected chi connectivity index (χ3v) is 6.25. The van der Waals surface area contributed by atoms with E-state index in [0.717, 1.165) is 16.7 Å². The number of nitrogens with zero attached hydrogens (tertiary/aromatic N) is 3. The summed E-state index contributed by atoms with van der Waals surface area (Å²) in [5.74, 6) is 0.146. The summed E-state index contributed by atoms with van der Waals surface area (Å²) in [5, 5.41) is 11.2. The molecule has 1 atom stereocenters. The molecule has 0 saturated carbocycles. The Bertz CT molecular complexity index is 954. The van der Waals surface area contributed by atoms with Gasteiger partial charge in [0.2, 0.25) is 5.91 Å². The minimum atomic E-state index is -0.999. The molecule has 0 aliphatic carbocycles. The number of allylic oxidation sites excluding steroid dienone is 2. The molecule has 3 heterocycles. The SMILES string of the molecule is CC1=CC2=NC(=O)C[C@@](C)(C(=O)N3CCC(O)(c4cccc(C)c4)CC3)N2C=C1. The number of rotatable bonds is 2. The van der Waals surface area contributed by atoms with Gasteiger partial charge in [0, 0.05) is 19.3 Å². The molecule has 6 heteroatoms. The maximum Gasteiger partial charge on any atom is 0.250 e. The fraction of sp³-hybridized carbons (Fsp3) is 0.435. The van der Waals surface area contributed by atoms with Crippen molar-refractivity contribution in [2.24, 2.45) is 4.99 Å². The van der Waals surface area contributed by atoms with Gasteiger partial charge in [-0.25, -0.2) is 0 Å². The van der Waals surface area contributed by atoms with Crippen LogP contribution in [0.2, 0.25) is 0 Å². The van der Waals surface area contributed by atoms with E-state index < -0.39 is 11.1 Å². The lowest BCUT2D eigenvalue weighted by Gasteiger charge is -2.47. The third-order valence-electron chi connectivity index (χ3n) is 6.25. The van der Waals surface area contributed by atoms with Gasteiger partial charge in [-0.2, -0.15) is 4.99 Å². The summed E-state index contributed by atoms with van der Waals surface area (Å²) in [7, 11) is 0. The highest BCUT2D eigenvalue weighted by Gasteiger charge is 2.48. The zero-order valence-corrected chi connectivity index (χ0v) is 17.2. The van der Waals surface area contributed by atoms with Crippen LogP contribution in [0.1, 0.15) is 44.2 Å². The first-order valence-electron chi connectivity index (χ1n) is 10.1. The molecule has 1 aromatic carbocycles. The summed E-state index contributed by atoms with van der Waals surface area (Å²) in [6.45, 7) is 6.65. The molecule has 1 aromatic rings. The van der Waals surface area contributed by atoms with E-state index in [1.54, 1.807) is 4.90 Å². The predicted octanol–water partition coefficient (Wildman–Crippen LogP) is 2.67. The molecule has 0 unspecified atom stereocenters. The van der Waals surface area contributed by atoms with Gasteiger partial charge in [-0.1, -0.05) is 29.8 Å². The lowest BCUT2D eigenvalue weighted by molar-refractivity contribution is -0.147. The van der Waals surface area contributed by atoms with Gasteiger partial charge in [0.15, 0.2) is 0 Å². The van der Waals surface area contributed by atoms with Crippen molar-refractivity contribution >= 4 is 17.6 Å². The molecule has 2 amide bonds. The predicted molar refractivity (Wildman–Crippen MR) is 111 cm³/mol. The van der Waals surface area contributed by atoms with E-state index in [4.69, 9.17) is 0 Å². The first-order chi connectivity index (χ1) is 13.7. The van der Waals surface area contributed by atoms with E-state index in [0.29, 0.717) is 31.8 Å². The van der Waals surface area contributed by atoms with Crippen LogP contribution >= 0.6 is 0 Å². The van der Waals surface area contributed by atoms with Crippen molar-refractivity contribution in [3.8, 4) is 0 Å². The van der Waals surface area contributed by atoms with Gasteiger partial charge in [0.1, 0.15) is 11.4 Å². The number of hydrogen-bond acceptors (Lipinski definition) is 4. The molecule has 4 rings (SSSR count). The van der Waals surface area contributed by atoms with Crippen molar-refractivity contribution in [1.29, 1.82) is 0 Å². The number of amides is 2. The third kappa shape index (κ3) is 3.42. The Labute approximate surface area is 171 Å². The lowest BCUT2D eigenvalue weighted by atomic mass is 9.82. The number of aryl methyl sites for hydroxylation is 1. The van der Waals surface area contributed by atoms with Crippen molar-refractivity contribution in [3.63, 3.8) is 0 Å². The zero-order chi connectivity index (χ0) is 20.8. The van der Waals surface area contributed by atoms with Crippen LogP contribution in [0.4, 0.5) is 0 Å². The number of amidine groups is 1. The normalized spacial score (nSPS) is 26.0. The van der Waals surface area contributed by atoms with Crippen LogP contribution in [0.25, 0.3) is 0 Å². The van der Waals surface area contributed by atoms with Crippen molar-refractivity contribution in [3.05, 3.63) is 59.3 Å². The Morgan fingerprint density at radius 1 is 1.21 bits per heavy atom. The van der Waals surface area contributed by atoms with Crippen LogP contribution < -0.4 is 0 Å². The van der Waals surface area contributed by atoms with Crippen LogP contribution in [-0.4, -0.2) is 51.2 Å². The number of piperidine rings is 1. The van der Waals surface area contributed by atoms with Crippen molar-refractivity contribution in [2.75, 3.05) is 13.1 Å². The standard InChI is InChI=1S/C23H27N3O3/c1-16-5-4-6-18(13-16)23(29)8-11-25(12-9-23)21(28)22(3)15-20(27)24-19-14-17(2)7-10-26(19)22/h4-7,10,13-14,29H,8-9,11-12,15H2,1-3H3/t22-/m0/s1. The number of benzene rings is 1. The highest BCUT2D eigenvalue weighted by Crippen LogP contribution is 2.36. The molecule has 0 spiro atoms.